The maximum atomic E-state index is 12.2. The lowest BCUT2D eigenvalue weighted by molar-refractivity contribution is 0.419. The summed E-state index contributed by atoms with van der Waals surface area (Å²) in [6.45, 7) is 3.17. The number of nitrogens with zero attached hydrogens (tertiary/aromatic N) is 1. The molecule has 0 amide bonds. The predicted molar refractivity (Wildman–Crippen MR) is 66.8 cm³/mol. The minimum atomic E-state index is -3.01. The normalized spacial score (nSPS) is 18.9. The zero-order chi connectivity index (χ0) is 11.3. The maximum Gasteiger partial charge on any atom is 0.216 e. The monoisotopic (exact) mass is 297 g/mol. The SMILES string of the molecule is CCN(CCCBr)S(=O)(=O)C1CCCC1. The van der Waals surface area contributed by atoms with Crippen LogP contribution in [-0.2, 0) is 10.0 Å². The number of hydrogen-bond donors (Lipinski definition) is 0. The van der Waals surface area contributed by atoms with Gasteiger partial charge in [-0.2, -0.15) is 0 Å². The Bertz CT molecular complexity index is 273. The van der Waals surface area contributed by atoms with Crippen LogP contribution < -0.4 is 0 Å². The summed E-state index contributed by atoms with van der Waals surface area (Å²) in [5, 5.41) is 0.761. The smallest absolute Gasteiger partial charge is 0.212 e. The van der Waals surface area contributed by atoms with Gasteiger partial charge in [0.05, 0.1) is 5.25 Å². The summed E-state index contributed by atoms with van der Waals surface area (Å²) in [5.74, 6) is 0. The average Bonchev–Trinajstić information content (AvgIpc) is 2.72. The third kappa shape index (κ3) is 3.43. The summed E-state index contributed by atoms with van der Waals surface area (Å²) in [6, 6.07) is 0. The van der Waals surface area contributed by atoms with E-state index in [0.717, 1.165) is 37.4 Å². The zero-order valence-corrected chi connectivity index (χ0v) is 11.7. The lowest BCUT2D eigenvalue weighted by Crippen LogP contribution is -2.38. The average molecular weight is 298 g/mol. The molecule has 0 bridgehead atoms. The lowest BCUT2D eigenvalue weighted by Gasteiger charge is -2.23. The van der Waals surface area contributed by atoms with E-state index in [9.17, 15) is 8.42 Å². The molecule has 1 aliphatic rings. The van der Waals surface area contributed by atoms with Gasteiger partial charge in [0.2, 0.25) is 10.0 Å². The van der Waals surface area contributed by atoms with Crippen molar-refractivity contribution in [3.63, 3.8) is 0 Å². The van der Waals surface area contributed by atoms with Crippen molar-refractivity contribution in [2.75, 3.05) is 18.4 Å². The van der Waals surface area contributed by atoms with Crippen LogP contribution in [0.15, 0.2) is 0 Å². The fourth-order valence-electron chi connectivity index (χ4n) is 2.10. The van der Waals surface area contributed by atoms with Crippen LogP contribution in [0, 0.1) is 0 Å². The minimum Gasteiger partial charge on any atom is -0.212 e. The summed E-state index contributed by atoms with van der Waals surface area (Å²) in [7, 11) is -3.01. The van der Waals surface area contributed by atoms with Crippen molar-refractivity contribution in [1.82, 2.24) is 4.31 Å². The van der Waals surface area contributed by atoms with Crippen molar-refractivity contribution in [1.29, 1.82) is 0 Å². The van der Waals surface area contributed by atoms with Crippen molar-refractivity contribution >= 4 is 26.0 Å². The largest absolute Gasteiger partial charge is 0.216 e. The summed E-state index contributed by atoms with van der Waals surface area (Å²) < 4.78 is 26.0. The first kappa shape index (κ1) is 13.5. The van der Waals surface area contributed by atoms with Gasteiger partial charge in [0.25, 0.3) is 0 Å². The zero-order valence-electron chi connectivity index (χ0n) is 9.28. The minimum absolute atomic E-state index is 0.104. The second-order valence-corrected chi connectivity index (χ2v) is 6.99. The molecule has 1 rings (SSSR count). The summed E-state index contributed by atoms with van der Waals surface area (Å²) in [6.07, 6.45) is 4.74. The topological polar surface area (TPSA) is 37.4 Å². The molecule has 0 heterocycles. The fourth-order valence-corrected chi connectivity index (χ4v) is 4.44. The van der Waals surface area contributed by atoms with Gasteiger partial charge >= 0.3 is 0 Å². The van der Waals surface area contributed by atoms with E-state index in [1.807, 2.05) is 6.92 Å². The molecule has 0 unspecified atom stereocenters. The van der Waals surface area contributed by atoms with Crippen LogP contribution in [0.3, 0.4) is 0 Å². The Balaban J connectivity index is 2.63. The van der Waals surface area contributed by atoms with Gasteiger partial charge < -0.3 is 0 Å². The highest BCUT2D eigenvalue weighted by Crippen LogP contribution is 2.27. The summed E-state index contributed by atoms with van der Waals surface area (Å²) in [4.78, 5) is 0. The Hall–Kier alpha value is 0.390. The Morgan fingerprint density at radius 2 is 1.93 bits per heavy atom. The third-order valence-corrected chi connectivity index (χ3v) is 6.01. The van der Waals surface area contributed by atoms with Crippen LogP contribution in [0.4, 0.5) is 0 Å². The fraction of sp³-hybridized carbons (Fsp3) is 1.00. The van der Waals surface area contributed by atoms with Crippen molar-refractivity contribution in [3.05, 3.63) is 0 Å². The van der Waals surface area contributed by atoms with E-state index in [-0.39, 0.29) is 5.25 Å². The molecule has 0 N–H and O–H groups in total. The number of hydrogen-bond acceptors (Lipinski definition) is 2. The van der Waals surface area contributed by atoms with Gasteiger partial charge in [-0.25, -0.2) is 12.7 Å². The Kier molecular flexibility index (Phi) is 5.57. The quantitative estimate of drug-likeness (QED) is 0.706. The van der Waals surface area contributed by atoms with E-state index in [2.05, 4.69) is 15.9 Å². The number of rotatable bonds is 6. The van der Waals surface area contributed by atoms with Gasteiger partial charge in [-0.05, 0) is 19.3 Å². The molecule has 0 spiro atoms. The molecule has 5 heteroatoms. The van der Waals surface area contributed by atoms with Crippen LogP contribution >= 0.6 is 15.9 Å². The molecule has 0 aromatic rings. The van der Waals surface area contributed by atoms with Crippen molar-refractivity contribution < 1.29 is 8.42 Å². The lowest BCUT2D eigenvalue weighted by atomic mass is 10.4. The number of alkyl halides is 1. The van der Waals surface area contributed by atoms with Crippen molar-refractivity contribution in [3.8, 4) is 0 Å². The first-order valence-electron chi connectivity index (χ1n) is 5.67. The van der Waals surface area contributed by atoms with Gasteiger partial charge in [0.15, 0.2) is 0 Å². The third-order valence-electron chi connectivity index (χ3n) is 2.98. The number of halogens is 1. The highest BCUT2D eigenvalue weighted by Gasteiger charge is 2.32. The highest BCUT2D eigenvalue weighted by atomic mass is 79.9. The van der Waals surface area contributed by atoms with E-state index < -0.39 is 10.0 Å². The van der Waals surface area contributed by atoms with Gasteiger partial charge in [0, 0.05) is 18.4 Å². The first-order chi connectivity index (χ1) is 7.12. The molecule has 0 atom stereocenters. The molecule has 0 aromatic carbocycles. The second kappa shape index (κ2) is 6.21. The number of sulfonamides is 1. The molecule has 3 nitrogen and oxygen atoms in total. The maximum absolute atomic E-state index is 12.2. The van der Waals surface area contributed by atoms with Crippen LogP contribution in [0.25, 0.3) is 0 Å². The van der Waals surface area contributed by atoms with E-state index in [1.54, 1.807) is 4.31 Å². The summed E-state index contributed by atoms with van der Waals surface area (Å²) in [5.41, 5.74) is 0. The van der Waals surface area contributed by atoms with Crippen molar-refractivity contribution in [2.45, 2.75) is 44.3 Å². The molecule has 1 aliphatic carbocycles. The van der Waals surface area contributed by atoms with Gasteiger partial charge in [-0.1, -0.05) is 35.7 Å². The molecule has 0 saturated heterocycles. The Labute approximate surface area is 101 Å². The van der Waals surface area contributed by atoms with E-state index in [1.165, 1.54) is 0 Å². The Morgan fingerprint density at radius 3 is 2.40 bits per heavy atom. The second-order valence-electron chi connectivity index (χ2n) is 3.99. The van der Waals surface area contributed by atoms with E-state index >= 15 is 0 Å². The first-order valence-corrected chi connectivity index (χ1v) is 8.30. The van der Waals surface area contributed by atoms with Crippen LogP contribution in [0.5, 0.6) is 0 Å². The molecule has 90 valence electrons. The molecule has 0 aliphatic heterocycles. The molecule has 1 fully saturated rings. The Morgan fingerprint density at radius 1 is 1.33 bits per heavy atom. The molecule has 1 saturated carbocycles. The molecular formula is C10H20BrNO2S. The molecule has 0 radical (unpaired) electrons. The van der Waals surface area contributed by atoms with Gasteiger partial charge in [-0.3, -0.25) is 0 Å². The summed E-state index contributed by atoms with van der Waals surface area (Å²) >= 11 is 3.34. The van der Waals surface area contributed by atoms with E-state index in [4.69, 9.17) is 0 Å². The standard InChI is InChI=1S/C10H20BrNO2S/c1-2-12(9-5-8-11)15(13,14)10-6-3-4-7-10/h10H,2-9H2,1H3. The molecular weight excluding hydrogens is 278 g/mol. The van der Waals surface area contributed by atoms with Crippen LogP contribution in [0.2, 0.25) is 0 Å². The highest BCUT2D eigenvalue weighted by molar-refractivity contribution is 9.09. The molecule has 0 aromatic heterocycles. The van der Waals surface area contributed by atoms with Crippen LogP contribution in [-0.4, -0.2) is 36.4 Å². The van der Waals surface area contributed by atoms with Crippen molar-refractivity contribution in [2.24, 2.45) is 0 Å². The predicted octanol–water partition coefficient (Wildman–Crippen LogP) is 2.37. The van der Waals surface area contributed by atoms with Gasteiger partial charge in [-0.15, -0.1) is 0 Å². The molecule has 15 heavy (non-hydrogen) atoms. The van der Waals surface area contributed by atoms with E-state index in [0.29, 0.717) is 13.1 Å². The van der Waals surface area contributed by atoms with Crippen LogP contribution in [0.1, 0.15) is 39.0 Å². The van der Waals surface area contributed by atoms with Gasteiger partial charge in [0.1, 0.15) is 0 Å².